The van der Waals surface area contributed by atoms with Crippen molar-refractivity contribution in [3.63, 3.8) is 0 Å². The molecule has 0 unspecified atom stereocenters. The Labute approximate surface area is 61.5 Å². The summed E-state index contributed by atoms with van der Waals surface area (Å²) >= 11 is 3.19. The molecule has 44 valence electrons. The van der Waals surface area contributed by atoms with Crippen LogP contribution in [0.3, 0.4) is 0 Å². The average molecular weight is 183 g/mol. The highest BCUT2D eigenvalue weighted by atomic mass is 79.9. The molecule has 1 aromatic rings. The molecule has 1 rings (SSSR count). The van der Waals surface area contributed by atoms with E-state index in [1.54, 1.807) is 6.20 Å². The topological polar surface area (TPSA) is 25.8 Å². The van der Waals surface area contributed by atoms with Crippen molar-refractivity contribution in [1.29, 1.82) is 0 Å². The van der Waals surface area contributed by atoms with E-state index in [0.717, 1.165) is 4.47 Å². The van der Waals surface area contributed by atoms with Gasteiger partial charge in [-0.1, -0.05) is 0 Å². The molecule has 0 amide bonds. The Morgan fingerprint density at radius 1 is 1.67 bits per heavy atom. The van der Waals surface area contributed by atoms with Crippen LogP contribution in [0.5, 0.6) is 0 Å². The first-order valence-electron chi connectivity index (χ1n) is 2.26. The molecule has 3 heteroatoms. The monoisotopic (exact) mass is 182 g/mol. The molecule has 0 saturated heterocycles. The Kier molecular flexibility index (Phi) is 1.81. The maximum Gasteiger partial charge on any atom is 0.130 e. The maximum atomic E-state index is 5.08. The van der Waals surface area contributed by atoms with Gasteiger partial charge in [0.05, 0.1) is 4.47 Å². The van der Waals surface area contributed by atoms with Crippen LogP contribution in [0, 0.1) is 12.3 Å². The maximum absolute atomic E-state index is 5.08. The van der Waals surface area contributed by atoms with E-state index in [1.165, 1.54) is 6.33 Å². The van der Waals surface area contributed by atoms with E-state index in [1.807, 2.05) is 0 Å². The second-order valence-corrected chi connectivity index (χ2v) is 2.22. The molecule has 0 aliphatic carbocycles. The Balaban J connectivity index is 3.20. The van der Waals surface area contributed by atoms with E-state index in [2.05, 4.69) is 31.8 Å². The van der Waals surface area contributed by atoms with E-state index >= 15 is 0 Å². The molecule has 0 aromatic carbocycles. The Bertz CT molecular complexity index is 251. The van der Waals surface area contributed by atoms with E-state index in [-0.39, 0.29) is 0 Å². The highest BCUT2D eigenvalue weighted by Crippen LogP contribution is 2.09. The van der Waals surface area contributed by atoms with Crippen LogP contribution in [0.2, 0.25) is 0 Å². The first kappa shape index (κ1) is 6.24. The third-order valence-electron chi connectivity index (χ3n) is 0.804. The van der Waals surface area contributed by atoms with Gasteiger partial charge >= 0.3 is 0 Å². The molecule has 1 heterocycles. The van der Waals surface area contributed by atoms with Crippen LogP contribution < -0.4 is 0 Å². The zero-order valence-corrected chi connectivity index (χ0v) is 6.09. The van der Waals surface area contributed by atoms with Crippen molar-refractivity contribution in [3.8, 4) is 12.3 Å². The molecular weight excluding hydrogens is 180 g/mol. The third-order valence-corrected chi connectivity index (χ3v) is 1.38. The van der Waals surface area contributed by atoms with Gasteiger partial charge < -0.3 is 0 Å². The SMILES string of the molecule is C#Cc1ncncc1Br. The summed E-state index contributed by atoms with van der Waals surface area (Å²) in [4.78, 5) is 7.54. The van der Waals surface area contributed by atoms with E-state index in [9.17, 15) is 0 Å². The number of aromatic nitrogens is 2. The molecule has 0 N–H and O–H groups in total. The molecular formula is C6H3BrN2. The van der Waals surface area contributed by atoms with E-state index < -0.39 is 0 Å². The highest BCUT2D eigenvalue weighted by molar-refractivity contribution is 9.10. The van der Waals surface area contributed by atoms with Crippen LogP contribution in [-0.2, 0) is 0 Å². The second kappa shape index (κ2) is 2.60. The van der Waals surface area contributed by atoms with E-state index in [4.69, 9.17) is 6.42 Å². The van der Waals surface area contributed by atoms with Crippen LogP contribution in [-0.4, -0.2) is 9.97 Å². The summed E-state index contributed by atoms with van der Waals surface area (Å²) in [5.74, 6) is 2.40. The lowest BCUT2D eigenvalue weighted by Crippen LogP contribution is -1.83. The zero-order valence-electron chi connectivity index (χ0n) is 4.50. The molecule has 0 saturated carbocycles. The quantitative estimate of drug-likeness (QED) is 0.565. The summed E-state index contributed by atoms with van der Waals surface area (Å²) in [5, 5.41) is 0. The molecule has 0 fully saturated rings. The standard InChI is InChI=1S/C6H3BrN2/c1-2-6-5(7)3-8-4-9-6/h1,3-4H. The molecule has 2 nitrogen and oxygen atoms in total. The van der Waals surface area contributed by atoms with Gasteiger partial charge in [0.1, 0.15) is 12.0 Å². The van der Waals surface area contributed by atoms with Gasteiger partial charge in [0.2, 0.25) is 0 Å². The molecule has 0 atom stereocenters. The van der Waals surface area contributed by atoms with Gasteiger partial charge in [-0.15, -0.1) is 6.42 Å². The molecule has 0 bridgehead atoms. The minimum Gasteiger partial charge on any atom is -0.244 e. The molecule has 0 aliphatic rings. The average Bonchev–Trinajstić information content (AvgIpc) is 1.89. The zero-order chi connectivity index (χ0) is 6.69. The predicted octanol–water partition coefficient (Wildman–Crippen LogP) is 1.22. The number of halogens is 1. The largest absolute Gasteiger partial charge is 0.244 e. The normalized spacial score (nSPS) is 8.44. The fourth-order valence-electron chi connectivity index (χ4n) is 0.419. The lowest BCUT2D eigenvalue weighted by molar-refractivity contribution is 1.13. The minimum atomic E-state index is 0.588. The van der Waals surface area contributed by atoms with Gasteiger partial charge in [-0.25, -0.2) is 9.97 Å². The number of terminal acetylenes is 1. The van der Waals surface area contributed by atoms with Crippen LogP contribution in [0.1, 0.15) is 5.69 Å². The molecule has 0 aliphatic heterocycles. The summed E-state index contributed by atoms with van der Waals surface area (Å²) in [6.45, 7) is 0. The second-order valence-electron chi connectivity index (χ2n) is 1.36. The van der Waals surface area contributed by atoms with Crippen molar-refractivity contribution in [2.24, 2.45) is 0 Å². The molecule has 0 radical (unpaired) electrons. The Hall–Kier alpha value is -0.880. The Morgan fingerprint density at radius 3 is 2.89 bits per heavy atom. The van der Waals surface area contributed by atoms with Crippen LogP contribution in [0.25, 0.3) is 0 Å². The summed E-state index contributed by atoms with van der Waals surface area (Å²) < 4.78 is 0.757. The number of hydrogen-bond acceptors (Lipinski definition) is 2. The number of rotatable bonds is 0. The fourth-order valence-corrected chi connectivity index (χ4v) is 0.754. The van der Waals surface area contributed by atoms with Gasteiger partial charge in [-0.2, -0.15) is 0 Å². The summed E-state index contributed by atoms with van der Waals surface area (Å²) in [7, 11) is 0. The van der Waals surface area contributed by atoms with Gasteiger partial charge in [0.15, 0.2) is 0 Å². The first-order chi connectivity index (χ1) is 4.34. The predicted molar refractivity (Wildman–Crippen MR) is 37.7 cm³/mol. The summed E-state index contributed by atoms with van der Waals surface area (Å²) in [6.07, 6.45) is 8.11. The smallest absolute Gasteiger partial charge is 0.130 e. The van der Waals surface area contributed by atoms with Crippen molar-refractivity contribution in [2.75, 3.05) is 0 Å². The molecule has 0 spiro atoms. The van der Waals surface area contributed by atoms with Crippen molar-refractivity contribution >= 4 is 15.9 Å². The van der Waals surface area contributed by atoms with Gasteiger partial charge in [0, 0.05) is 6.20 Å². The summed E-state index contributed by atoms with van der Waals surface area (Å²) in [5.41, 5.74) is 0.588. The fraction of sp³-hybridized carbons (Fsp3) is 0. The third kappa shape index (κ3) is 1.27. The molecule has 9 heavy (non-hydrogen) atoms. The minimum absolute atomic E-state index is 0.588. The van der Waals surface area contributed by atoms with Gasteiger partial charge in [-0.05, 0) is 21.9 Å². The van der Waals surface area contributed by atoms with Crippen molar-refractivity contribution in [2.45, 2.75) is 0 Å². The number of nitrogens with zero attached hydrogens (tertiary/aromatic N) is 2. The van der Waals surface area contributed by atoms with Crippen LogP contribution in [0.15, 0.2) is 17.0 Å². The van der Waals surface area contributed by atoms with Gasteiger partial charge in [0.25, 0.3) is 0 Å². The summed E-state index contributed by atoms with van der Waals surface area (Å²) in [6, 6.07) is 0. The van der Waals surface area contributed by atoms with Gasteiger partial charge in [-0.3, -0.25) is 0 Å². The first-order valence-corrected chi connectivity index (χ1v) is 3.06. The van der Waals surface area contributed by atoms with Crippen LogP contribution >= 0.6 is 15.9 Å². The highest BCUT2D eigenvalue weighted by Gasteiger charge is 1.92. The Morgan fingerprint density at radius 2 is 2.44 bits per heavy atom. The van der Waals surface area contributed by atoms with Crippen molar-refractivity contribution in [1.82, 2.24) is 9.97 Å². The van der Waals surface area contributed by atoms with Crippen molar-refractivity contribution < 1.29 is 0 Å². The van der Waals surface area contributed by atoms with Crippen molar-refractivity contribution in [3.05, 3.63) is 22.7 Å². The number of hydrogen-bond donors (Lipinski definition) is 0. The van der Waals surface area contributed by atoms with E-state index in [0.29, 0.717) is 5.69 Å². The lowest BCUT2D eigenvalue weighted by Gasteiger charge is -1.89. The molecule has 1 aromatic heterocycles. The lowest BCUT2D eigenvalue weighted by atomic mass is 10.4. The van der Waals surface area contributed by atoms with Crippen LogP contribution in [0.4, 0.5) is 0 Å².